The Balaban J connectivity index is 1.39. The number of hydrogen-bond acceptors (Lipinski definition) is 4. The number of nitrogens with zero attached hydrogens (tertiary/aromatic N) is 3. The van der Waals surface area contributed by atoms with Gasteiger partial charge in [0.25, 0.3) is 0 Å². The van der Waals surface area contributed by atoms with E-state index in [2.05, 4.69) is 15.2 Å². The zero-order valence-corrected chi connectivity index (χ0v) is 14.7. The van der Waals surface area contributed by atoms with E-state index in [0.717, 1.165) is 38.3 Å². The molecule has 0 spiro atoms. The largest absolute Gasteiger partial charge is 0.354 e. The molecule has 4 rings (SSSR count). The molecule has 6 nitrogen and oxygen atoms in total. The summed E-state index contributed by atoms with van der Waals surface area (Å²) in [7, 11) is 0. The van der Waals surface area contributed by atoms with Crippen molar-refractivity contribution in [3.05, 3.63) is 30.1 Å². The van der Waals surface area contributed by atoms with Crippen LogP contribution in [0.15, 0.2) is 24.4 Å². The molecule has 1 aliphatic carbocycles. The second-order valence-electron chi connectivity index (χ2n) is 7.71. The SMILES string of the molecule is CC(=O)N1[C@@H]2CN(Cc3ccccn3)C[C@@H]2C[C@H]1C(=O)NCC1CC1. The van der Waals surface area contributed by atoms with Crippen molar-refractivity contribution >= 4 is 11.8 Å². The number of rotatable bonds is 5. The average Bonchev–Trinajstić information content (AvgIpc) is 3.24. The summed E-state index contributed by atoms with van der Waals surface area (Å²) in [5.74, 6) is 1.08. The summed E-state index contributed by atoms with van der Waals surface area (Å²) >= 11 is 0. The van der Waals surface area contributed by atoms with Crippen molar-refractivity contribution in [1.82, 2.24) is 20.1 Å². The maximum atomic E-state index is 12.6. The molecule has 0 aromatic carbocycles. The van der Waals surface area contributed by atoms with E-state index < -0.39 is 0 Å². The Bertz CT molecular complexity index is 646. The molecule has 2 amide bonds. The van der Waals surface area contributed by atoms with Gasteiger partial charge in [-0.15, -0.1) is 0 Å². The quantitative estimate of drug-likeness (QED) is 0.868. The Morgan fingerprint density at radius 2 is 2.12 bits per heavy atom. The summed E-state index contributed by atoms with van der Waals surface area (Å²) in [5, 5.41) is 3.06. The fraction of sp³-hybridized carbons (Fsp3) is 0.632. The molecule has 6 heteroatoms. The van der Waals surface area contributed by atoms with Gasteiger partial charge in [0.2, 0.25) is 11.8 Å². The Morgan fingerprint density at radius 3 is 2.80 bits per heavy atom. The minimum atomic E-state index is -0.289. The van der Waals surface area contributed by atoms with Crippen molar-refractivity contribution in [2.75, 3.05) is 19.6 Å². The molecule has 0 radical (unpaired) electrons. The lowest BCUT2D eigenvalue weighted by Gasteiger charge is -2.29. The van der Waals surface area contributed by atoms with E-state index >= 15 is 0 Å². The Hall–Kier alpha value is -1.95. The molecular formula is C19H26N4O2. The first kappa shape index (κ1) is 16.5. The van der Waals surface area contributed by atoms with E-state index in [-0.39, 0.29) is 23.9 Å². The summed E-state index contributed by atoms with van der Waals surface area (Å²) in [4.78, 5) is 33.4. The lowest BCUT2D eigenvalue weighted by atomic mass is 10.0. The minimum Gasteiger partial charge on any atom is -0.354 e. The number of aromatic nitrogens is 1. The van der Waals surface area contributed by atoms with Crippen LogP contribution in [0.4, 0.5) is 0 Å². The molecule has 0 unspecified atom stereocenters. The molecule has 1 aromatic heterocycles. The zero-order valence-electron chi connectivity index (χ0n) is 14.7. The molecule has 3 fully saturated rings. The average molecular weight is 342 g/mol. The molecule has 2 saturated heterocycles. The molecular weight excluding hydrogens is 316 g/mol. The third-order valence-electron chi connectivity index (χ3n) is 5.74. The summed E-state index contributed by atoms with van der Waals surface area (Å²) in [6.45, 7) is 4.91. The van der Waals surface area contributed by atoms with Gasteiger partial charge < -0.3 is 10.2 Å². The van der Waals surface area contributed by atoms with E-state index in [1.165, 1.54) is 12.8 Å². The van der Waals surface area contributed by atoms with E-state index in [9.17, 15) is 9.59 Å². The molecule has 3 heterocycles. The third kappa shape index (κ3) is 3.54. The Morgan fingerprint density at radius 1 is 1.28 bits per heavy atom. The van der Waals surface area contributed by atoms with Crippen LogP contribution in [0.25, 0.3) is 0 Å². The van der Waals surface area contributed by atoms with Gasteiger partial charge in [-0.3, -0.25) is 19.5 Å². The van der Waals surface area contributed by atoms with E-state index in [1.807, 2.05) is 29.3 Å². The fourth-order valence-corrected chi connectivity index (χ4v) is 4.34. The monoisotopic (exact) mass is 342 g/mol. The van der Waals surface area contributed by atoms with E-state index in [4.69, 9.17) is 0 Å². The highest BCUT2D eigenvalue weighted by atomic mass is 16.2. The van der Waals surface area contributed by atoms with Crippen molar-refractivity contribution in [2.45, 2.75) is 44.8 Å². The van der Waals surface area contributed by atoms with E-state index in [1.54, 1.807) is 6.92 Å². The van der Waals surface area contributed by atoms with Gasteiger partial charge in [0, 0.05) is 45.3 Å². The summed E-state index contributed by atoms with van der Waals surface area (Å²) in [5.41, 5.74) is 1.05. The molecule has 2 aliphatic heterocycles. The van der Waals surface area contributed by atoms with Gasteiger partial charge in [-0.05, 0) is 43.2 Å². The molecule has 0 bridgehead atoms. The lowest BCUT2D eigenvalue weighted by Crippen LogP contribution is -2.50. The van der Waals surface area contributed by atoms with Gasteiger partial charge in [-0.25, -0.2) is 0 Å². The predicted molar refractivity (Wildman–Crippen MR) is 93.5 cm³/mol. The summed E-state index contributed by atoms with van der Waals surface area (Å²) in [6, 6.07) is 5.82. The number of nitrogens with one attached hydrogen (secondary N) is 1. The van der Waals surface area contributed by atoms with Crippen molar-refractivity contribution in [3.63, 3.8) is 0 Å². The topological polar surface area (TPSA) is 65.5 Å². The van der Waals surface area contributed by atoms with Gasteiger partial charge in [0.05, 0.1) is 5.69 Å². The van der Waals surface area contributed by atoms with Gasteiger partial charge >= 0.3 is 0 Å². The van der Waals surface area contributed by atoms with Crippen LogP contribution in [0.3, 0.4) is 0 Å². The normalized spacial score (nSPS) is 28.8. The highest BCUT2D eigenvalue weighted by Gasteiger charge is 2.49. The molecule has 25 heavy (non-hydrogen) atoms. The second-order valence-corrected chi connectivity index (χ2v) is 7.71. The number of pyridine rings is 1. The van der Waals surface area contributed by atoms with Crippen LogP contribution in [0, 0.1) is 11.8 Å². The Kier molecular flexibility index (Phi) is 4.46. The molecule has 134 valence electrons. The van der Waals surface area contributed by atoms with E-state index in [0.29, 0.717) is 11.8 Å². The standard InChI is InChI=1S/C19H26N4O2/c1-13(24)23-17(19(25)21-9-14-5-6-14)8-15-10-22(12-18(15)23)11-16-4-2-3-7-20-16/h2-4,7,14-15,17-18H,5-6,8-12H2,1H3,(H,21,25)/t15-,17-,18+/m0/s1. The number of hydrogen-bond donors (Lipinski definition) is 1. The number of carbonyl (C=O) groups is 2. The maximum Gasteiger partial charge on any atom is 0.242 e. The van der Waals surface area contributed by atoms with Gasteiger partial charge in [-0.1, -0.05) is 6.07 Å². The van der Waals surface area contributed by atoms with Crippen molar-refractivity contribution in [2.24, 2.45) is 11.8 Å². The van der Waals surface area contributed by atoms with Crippen LogP contribution in [-0.2, 0) is 16.1 Å². The highest BCUT2D eigenvalue weighted by molar-refractivity contribution is 5.88. The second kappa shape index (κ2) is 6.75. The molecule has 3 aliphatic rings. The van der Waals surface area contributed by atoms with Crippen LogP contribution in [-0.4, -0.2) is 58.3 Å². The van der Waals surface area contributed by atoms with Crippen molar-refractivity contribution in [3.8, 4) is 0 Å². The lowest BCUT2D eigenvalue weighted by molar-refractivity contribution is -0.138. The minimum absolute atomic E-state index is 0.0127. The van der Waals surface area contributed by atoms with Gasteiger partial charge in [0.1, 0.15) is 6.04 Å². The maximum absolute atomic E-state index is 12.6. The number of likely N-dealkylation sites (tertiary alicyclic amines) is 2. The van der Waals surface area contributed by atoms with Gasteiger partial charge in [0.15, 0.2) is 0 Å². The number of amides is 2. The smallest absolute Gasteiger partial charge is 0.242 e. The van der Waals surface area contributed by atoms with Crippen LogP contribution in [0.5, 0.6) is 0 Å². The van der Waals surface area contributed by atoms with Crippen LogP contribution in [0.1, 0.15) is 31.9 Å². The third-order valence-corrected chi connectivity index (χ3v) is 5.74. The highest BCUT2D eigenvalue weighted by Crippen LogP contribution is 2.36. The first-order valence-corrected chi connectivity index (χ1v) is 9.30. The number of carbonyl (C=O) groups excluding carboxylic acids is 2. The van der Waals surface area contributed by atoms with Crippen LogP contribution < -0.4 is 5.32 Å². The number of fused-ring (bicyclic) bond motifs is 1. The van der Waals surface area contributed by atoms with Crippen molar-refractivity contribution in [1.29, 1.82) is 0 Å². The summed E-state index contributed by atoms with van der Waals surface area (Å²) < 4.78 is 0. The van der Waals surface area contributed by atoms with Gasteiger partial charge in [-0.2, -0.15) is 0 Å². The van der Waals surface area contributed by atoms with Crippen molar-refractivity contribution < 1.29 is 9.59 Å². The first-order chi connectivity index (χ1) is 12.1. The van der Waals surface area contributed by atoms with Crippen LogP contribution in [0.2, 0.25) is 0 Å². The fourth-order valence-electron chi connectivity index (χ4n) is 4.34. The zero-order chi connectivity index (χ0) is 17.4. The van der Waals surface area contributed by atoms with Crippen LogP contribution >= 0.6 is 0 Å². The predicted octanol–water partition coefficient (Wildman–Crippen LogP) is 1.03. The molecule has 1 aromatic rings. The first-order valence-electron chi connectivity index (χ1n) is 9.30. The molecule has 1 N–H and O–H groups in total. The Labute approximate surface area is 148 Å². The summed E-state index contributed by atoms with van der Waals surface area (Å²) in [6.07, 6.45) is 5.03. The molecule has 3 atom stereocenters. The molecule has 1 saturated carbocycles.